The Kier molecular flexibility index (Phi) is 22.2. The number of thiocarbonyl (C=S) groups is 2. The summed E-state index contributed by atoms with van der Waals surface area (Å²) >= 11 is 7.40. The summed E-state index contributed by atoms with van der Waals surface area (Å²) in [5.74, 6) is -2.22. The second kappa shape index (κ2) is 24.8. The number of aromatic carboxylic acids is 2. The maximum atomic E-state index is 12.3. The van der Waals surface area contributed by atoms with Crippen LogP contribution in [0.15, 0.2) is 73.3 Å². The molecule has 17 heteroatoms. The van der Waals surface area contributed by atoms with Crippen LogP contribution in [0.1, 0.15) is 69.1 Å². The second-order valence-corrected chi connectivity index (χ2v) is 9.83. The topological polar surface area (TPSA) is 211 Å². The normalized spacial score (nSPS) is 9.18. The van der Waals surface area contributed by atoms with Gasteiger partial charge in [0, 0.05) is 62.1 Å². The molecular weight excluding hydrogens is 782 g/mol. The number of aromatic nitrogens is 4. The summed E-state index contributed by atoms with van der Waals surface area (Å²) in [5, 5.41) is 35.0. The number of rotatable bonds is 10. The number of isothiocyanates is 2. The summed E-state index contributed by atoms with van der Waals surface area (Å²) in [4.78, 5) is 66.8. The molecule has 2 amide bonds. The minimum Gasteiger partial charge on any atom is -0.753 e. The molecule has 4 rings (SSSR count). The molecule has 0 spiro atoms. The average Bonchev–Trinajstić information content (AvgIpc) is 3.13. The minimum atomic E-state index is -1.03. The van der Waals surface area contributed by atoms with Crippen LogP contribution in [0.2, 0.25) is 0 Å². The molecule has 4 heterocycles. The minimum absolute atomic E-state index is 0. The number of carbonyl (C=O) groups excluding carboxylic acids is 2. The third-order valence-corrected chi connectivity index (χ3v) is 6.65. The third kappa shape index (κ3) is 14.6. The van der Waals surface area contributed by atoms with Gasteiger partial charge in [-0.1, -0.05) is 24.4 Å². The number of hydrogen-bond acceptors (Lipinski definition) is 10. The Bertz CT molecular complexity index is 1710. The van der Waals surface area contributed by atoms with Crippen LogP contribution in [-0.4, -0.2) is 100 Å². The smallest absolute Gasteiger partial charge is 0.753 e. The maximum Gasteiger partial charge on any atom is 2.00 e. The van der Waals surface area contributed by atoms with E-state index in [2.05, 4.69) is 44.4 Å². The van der Waals surface area contributed by atoms with Gasteiger partial charge in [-0.25, -0.2) is 9.59 Å². The monoisotopic (exact) mass is 816 g/mol. The van der Waals surface area contributed by atoms with Crippen LogP contribution >= 0.6 is 24.4 Å². The first-order valence-electron chi connectivity index (χ1n) is 14.9. The van der Waals surface area contributed by atoms with E-state index in [1.807, 2.05) is 27.7 Å². The Hall–Kier alpha value is -5.30. The van der Waals surface area contributed by atoms with Crippen molar-refractivity contribution < 1.29 is 48.9 Å². The van der Waals surface area contributed by atoms with Gasteiger partial charge in [0.05, 0.1) is 33.9 Å². The molecule has 0 atom stereocenters. The van der Waals surface area contributed by atoms with E-state index in [1.54, 1.807) is 34.1 Å². The van der Waals surface area contributed by atoms with Crippen molar-refractivity contribution >= 4 is 58.5 Å². The van der Waals surface area contributed by atoms with Crippen molar-refractivity contribution in [2.45, 2.75) is 27.7 Å². The molecule has 4 aromatic heterocycles. The van der Waals surface area contributed by atoms with Crippen LogP contribution in [0.25, 0.3) is 33.6 Å². The third-order valence-electron chi connectivity index (χ3n) is 6.65. The quantitative estimate of drug-likeness (QED) is 0.108. The van der Waals surface area contributed by atoms with Gasteiger partial charge in [0.15, 0.2) is 0 Å². The molecule has 0 saturated carbocycles. The first-order chi connectivity index (χ1) is 24.0. The molecule has 0 aliphatic heterocycles. The number of carboxylic acid groups (broad SMARTS) is 2. The number of carboxylic acids is 2. The average molecular weight is 816 g/mol. The number of pyridine rings is 4. The molecule has 14 nitrogen and oxygen atoms in total. The predicted molar refractivity (Wildman–Crippen MR) is 195 cm³/mol. The molecular formula is C34H34N8O6RuS2. The van der Waals surface area contributed by atoms with Gasteiger partial charge in [0.1, 0.15) is 0 Å². The summed E-state index contributed by atoms with van der Waals surface area (Å²) in [6.07, 6.45) is 5.89. The van der Waals surface area contributed by atoms with Crippen molar-refractivity contribution in [2.24, 2.45) is 0 Å². The predicted octanol–water partition coefficient (Wildman–Crippen LogP) is 5.96. The van der Waals surface area contributed by atoms with Gasteiger partial charge in [-0.2, -0.15) is 10.3 Å². The summed E-state index contributed by atoms with van der Waals surface area (Å²) in [6.45, 7) is 10.2. The van der Waals surface area contributed by atoms with Crippen molar-refractivity contribution in [3.63, 3.8) is 0 Å². The zero-order valence-corrected chi connectivity index (χ0v) is 31.4. The van der Waals surface area contributed by atoms with E-state index in [9.17, 15) is 19.2 Å². The molecule has 266 valence electrons. The summed E-state index contributed by atoms with van der Waals surface area (Å²) in [7, 11) is 0. The first-order valence-corrected chi connectivity index (χ1v) is 15.7. The van der Waals surface area contributed by atoms with E-state index in [1.165, 1.54) is 59.4 Å². The molecule has 0 fully saturated rings. The van der Waals surface area contributed by atoms with Crippen LogP contribution in [0.3, 0.4) is 0 Å². The summed E-state index contributed by atoms with van der Waals surface area (Å²) in [5.41, 5.74) is 3.08. The standard InChI is InChI=1S/2C16H17N3O3.2CNS.Ru/c2*1-3-19(4-2)15(20)11-5-7-17-13(9-11)14-10-12(16(21)22)6-8-18-14;2*2-1-3;/h2*5-10H,3-4H2,1-2H3,(H,21,22);;;/q;;2*-1;+2. The fraction of sp³-hybridized carbons (Fsp3) is 0.235. The second-order valence-electron chi connectivity index (χ2n) is 9.47. The van der Waals surface area contributed by atoms with E-state index in [-0.39, 0.29) is 42.4 Å². The zero-order chi connectivity index (χ0) is 37.6. The van der Waals surface area contributed by atoms with E-state index in [0.717, 1.165) is 0 Å². The number of hydrogen-bond donors (Lipinski definition) is 2. The van der Waals surface area contributed by atoms with Gasteiger partial charge >= 0.3 is 31.4 Å². The Balaban J connectivity index is 0.000000835. The fourth-order valence-corrected chi connectivity index (χ4v) is 4.20. The fourth-order valence-electron chi connectivity index (χ4n) is 4.20. The molecule has 0 saturated heterocycles. The molecule has 0 radical (unpaired) electrons. The molecule has 51 heavy (non-hydrogen) atoms. The molecule has 0 bridgehead atoms. The van der Waals surface area contributed by atoms with Crippen molar-refractivity contribution in [1.29, 1.82) is 0 Å². The van der Waals surface area contributed by atoms with Gasteiger partial charge in [-0.15, -0.1) is 0 Å². The Labute approximate surface area is 318 Å². The molecule has 0 aliphatic rings. The van der Waals surface area contributed by atoms with Crippen molar-refractivity contribution in [3.05, 3.63) is 106 Å². The Morgan fingerprint density at radius 1 is 0.569 bits per heavy atom. The van der Waals surface area contributed by atoms with E-state index < -0.39 is 11.9 Å². The van der Waals surface area contributed by atoms with Crippen molar-refractivity contribution in [1.82, 2.24) is 29.7 Å². The first kappa shape index (κ1) is 45.7. The van der Waals surface area contributed by atoms with Gasteiger partial charge in [-0.3, -0.25) is 29.5 Å². The van der Waals surface area contributed by atoms with Crippen LogP contribution < -0.4 is 0 Å². The van der Waals surface area contributed by atoms with Crippen LogP contribution in [-0.2, 0) is 19.5 Å². The van der Waals surface area contributed by atoms with Crippen molar-refractivity contribution in [3.8, 4) is 22.8 Å². The van der Waals surface area contributed by atoms with E-state index in [0.29, 0.717) is 60.1 Å². The zero-order valence-electron chi connectivity index (χ0n) is 28.0. The van der Waals surface area contributed by atoms with Crippen LogP contribution in [0, 0.1) is 0 Å². The Morgan fingerprint density at radius 3 is 1.00 bits per heavy atom. The Morgan fingerprint density at radius 2 is 0.784 bits per heavy atom. The number of amides is 2. The van der Waals surface area contributed by atoms with E-state index in [4.69, 9.17) is 21.0 Å². The molecule has 2 N–H and O–H groups in total. The van der Waals surface area contributed by atoms with Gasteiger partial charge in [0.2, 0.25) is 0 Å². The SMILES string of the molecule is CCN(CC)C(=O)c1ccnc(-c2cc(C(=O)O)ccn2)c1.CCN(CC)C(=O)c1ccnc(-c2cc(C(=O)O)ccn2)c1.[N-]=C=S.[N-]=C=S.[Ru+2]. The van der Waals surface area contributed by atoms with Gasteiger partial charge in [0.25, 0.3) is 11.8 Å². The largest absolute Gasteiger partial charge is 2.00 e. The number of nitrogens with zero attached hydrogens (tertiary/aromatic N) is 8. The van der Waals surface area contributed by atoms with Gasteiger partial charge in [-0.05, 0) is 76.2 Å². The van der Waals surface area contributed by atoms with E-state index >= 15 is 0 Å². The molecule has 0 aliphatic carbocycles. The van der Waals surface area contributed by atoms with Crippen LogP contribution in [0.5, 0.6) is 0 Å². The number of carbonyl (C=O) groups is 4. The van der Waals surface area contributed by atoms with Gasteiger partial charge < -0.3 is 30.8 Å². The molecule has 0 unspecified atom stereocenters. The summed E-state index contributed by atoms with van der Waals surface area (Å²) < 4.78 is 0. The summed E-state index contributed by atoms with van der Waals surface area (Å²) in [6, 6.07) is 12.3. The molecule has 4 aromatic rings. The van der Waals surface area contributed by atoms with Crippen molar-refractivity contribution in [2.75, 3.05) is 26.2 Å². The van der Waals surface area contributed by atoms with Crippen LogP contribution in [0.4, 0.5) is 0 Å². The maximum absolute atomic E-state index is 12.3. The molecule has 0 aromatic carbocycles.